The summed E-state index contributed by atoms with van der Waals surface area (Å²) in [6.07, 6.45) is 0. The molecule has 0 fully saturated rings. The van der Waals surface area contributed by atoms with Crippen LogP contribution in [0.15, 0.2) is 48.5 Å². The maximum absolute atomic E-state index is 11.6. The van der Waals surface area contributed by atoms with Gasteiger partial charge in [-0.2, -0.15) is 0 Å². The van der Waals surface area contributed by atoms with Gasteiger partial charge in [0.2, 0.25) is 0 Å². The van der Waals surface area contributed by atoms with Crippen LogP contribution in [-0.4, -0.2) is 12.6 Å². The molecule has 0 aliphatic heterocycles. The lowest BCUT2D eigenvalue weighted by molar-refractivity contribution is -0.147. The second-order valence-corrected chi connectivity index (χ2v) is 4.84. The van der Waals surface area contributed by atoms with Crippen LogP contribution < -0.4 is 4.74 Å². The first-order valence-corrected chi connectivity index (χ1v) is 6.68. The minimum absolute atomic E-state index is 0.127. The van der Waals surface area contributed by atoms with Gasteiger partial charge in [-0.3, -0.25) is 0 Å². The molecule has 0 aliphatic rings. The molecule has 2 aromatic carbocycles. The van der Waals surface area contributed by atoms with Gasteiger partial charge in [-0.25, -0.2) is 4.79 Å². The van der Waals surface area contributed by atoms with Crippen LogP contribution in [0.4, 0.5) is 0 Å². The number of ether oxygens (including phenoxy) is 2. The topological polar surface area (TPSA) is 35.5 Å². The zero-order valence-corrected chi connectivity index (χ0v) is 12.0. The highest BCUT2D eigenvalue weighted by molar-refractivity contribution is 6.31. The summed E-state index contributed by atoms with van der Waals surface area (Å²) in [5.41, 5.74) is 0.758. The van der Waals surface area contributed by atoms with Crippen molar-refractivity contribution in [1.29, 1.82) is 0 Å². The first kappa shape index (κ1) is 14.7. The number of hydrogen-bond acceptors (Lipinski definition) is 3. The molecule has 0 spiro atoms. The van der Waals surface area contributed by atoms with Gasteiger partial charge in [-0.05, 0) is 30.3 Å². The van der Waals surface area contributed by atoms with Gasteiger partial charge >= 0.3 is 5.97 Å². The summed E-state index contributed by atoms with van der Waals surface area (Å²) in [5, 5.41) is 1.18. The SMILES string of the molecule is O=C(COc1ccc(Cl)cc1)OCc1ccccc1Cl. The number of halogens is 2. The maximum atomic E-state index is 11.6. The van der Waals surface area contributed by atoms with Gasteiger partial charge in [0.05, 0.1) is 0 Å². The Balaban J connectivity index is 1.78. The predicted octanol–water partition coefficient (Wildman–Crippen LogP) is 4.12. The Kier molecular flexibility index (Phi) is 5.27. The van der Waals surface area contributed by atoms with E-state index in [0.29, 0.717) is 15.8 Å². The van der Waals surface area contributed by atoms with Crippen LogP contribution >= 0.6 is 23.2 Å². The summed E-state index contributed by atoms with van der Waals surface area (Å²) in [6, 6.07) is 13.9. The molecule has 104 valence electrons. The third-order valence-electron chi connectivity index (χ3n) is 2.52. The van der Waals surface area contributed by atoms with Crippen molar-refractivity contribution in [3.8, 4) is 5.75 Å². The lowest BCUT2D eigenvalue weighted by Gasteiger charge is -2.08. The zero-order valence-electron chi connectivity index (χ0n) is 10.5. The predicted molar refractivity (Wildman–Crippen MR) is 78.2 cm³/mol. The van der Waals surface area contributed by atoms with E-state index in [4.69, 9.17) is 32.7 Å². The van der Waals surface area contributed by atoms with E-state index in [9.17, 15) is 4.79 Å². The molecule has 0 amide bonds. The van der Waals surface area contributed by atoms with Crippen molar-refractivity contribution < 1.29 is 14.3 Å². The van der Waals surface area contributed by atoms with Crippen LogP contribution in [-0.2, 0) is 16.1 Å². The standard InChI is InChI=1S/C15H12Cl2O3/c16-12-5-7-13(8-6-12)19-10-15(18)20-9-11-3-1-2-4-14(11)17/h1-8H,9-10H2. The Bertz CT molecular complexity index is 582. The van der Waals surface area contributed by atoms with Crippen molar-refractivity contribution in [2.45, 2.75) is 6.61 Å². The summed E-state index contributed by atoms with van der Waals surface area (Å²) in [5.74, 6) is 0.101. The van der Waals surface area contributed by atoms with Gasteiger partial charge in [-0.1, -0.05) is 41.4 Å². The summed E-state index contributed by atoms with van der Waals surface area (Å²) in [6.45, 7) is -0.0332. The van der Waals surface area contributed by atoms with Crippen molar-refractivity contribution in [1.82, 2.24) is 0 Å². The Morgan fingerprint density at radius 1 is 1.00 bits per heavy atom. The van der Waals surface area contributed by atoms with Crippen molar-refractivity contribution >= 4 is 29.2 Å². The minimum atomic E-state index is -0.458. The Morgan fingerprint density at radius 2 is 1.70 bits per heavy atom. The third-order valence-corrected chi connectivity index (χ3v) is 3.14. The van der Waals surface area contributed by atoms with Crippen LogP contribution in [0.5, 0.6) is 5.75 Å². The molecule has 0 heterocycles. The molecule has 3 nitrogen and oxygen atoms in total. The molecule has 0 aromatic heterocycles. The quantitative estimate of drug-likeness (QED) is 0.779. The third kappa shape index (κ3) is 4.44. The molecule has 0 atom stereocenters. The van der Waals surface area contributed by atoms with E-state index >= 15 is 0 Å². The van der Waals surface area contributed by atoms with E-state index < -0.39 is 5.97 Å². The van der Waals surface area contributed by atoms with E-state index in [-0.39, 0.29) is 13.2 Å². The normalized spacial score (nSPS) is 10.1. The van der Waals surface area contributed by atoms with Crippen LogP contribution in [0.2, 0.25) is 10.0 Å². The van der Waals surface area contributed by atoms with E-state index in [2.05, 4.69) is 0 Å². The average Bonchev–Trinajstić information content (AvgIpc) is 2.46. The molecule has 0 bridgehead atoms. The Hall–Kier alpha value is -1.71. The summed E-state index contributed by atoms with van der Waals surface area (Å²) >= 11 is 11.7. The van der Waals surface area contributed by atoms with Gasteiger partial charge in [0.25, 0.3) is 0 Å². The molecule has 2 aromatic rings. The van der Waals surface area contributed by atoms with Crippen LogP contribution in [0.25, 0.3) is 0 Å². The van der Waals surface area contributed by atoms with E-state index in [1.165, 1.54) is 0 Å². The zero-order chi connectivity index (χ0) is 14.4. The fourth-order valence-electron chi connectivity index (χ4n) is 1.49. The van der Waals surface area contributed by atoms with Crippen LogP contribution in [0.1, 0.15) is 5.56 Å². The molecule has 20 heavy (non-hydrogen) atoms. The lowest BCUT2D eigenvalue weighted by atomic mass is 10.2. The van der Waals surface area contributed by atoms with Gasteiger partial charge < -0.3 is 9.47 Å². The van der Waals surface area contributed by atoms with Crippen molar-refractivity contribution in [3.63, 3.8) is 0 Å². The second kappa shape index (κ2) is 7.17. The van der Waals surface area contributed by atoms with E-state index in [0.717, 1.165) is 5.56 Å². The Morgan fingerprint density at radius 3 is 2.40 bits per heavy atom. The highest BCUT2D eigenvalue weighted by Gasteiger charge is 2.06. The first-order chi connectivity index (χ1) is 9.65. The molecular formula is C15H12Cl2O3. The summed E-state index contributed by atoms with van der Waals surface area (Å²) in [7, 11) is 0. The summed E-state index contributed by atoms with van der Waals surface area (Å²) in [4.78, 5) is 11.6. The maximum Gasteiger partial charge on any atom is 0.344 e. The van der Waals surface area contributed by atoms with Gasteiger partial charge in [0, 0.05) is 15.6 Å². The molecule has 0 saturated heterocycles. The number of benzene rings is 2. The fraction of sp³-hybridized carbons (Fsp3) is 0.133. The van der Waals surface area contributed by atoms with Crippen molar-refractivity contribution in [2.24, 2.45) is 0 Å². The van der Waals surface area contributed by atoms with E-state index in [1.54, 1.807) is 36.4 Å². The number of rotatable bonds is 5. The van der Waals surface area contributed by atoms with Gasteiger partial charge in [0.15, 0.2) is 6.61 Å². The number of carbonyl (C=O) groups excluding carboxylic acids is 1. The largest absolute Gasteiger partial charge is 0.482 e. The van der Waals surface area contributed by atoms with Gasteiger partial charge in [-0.15, -0.1) is 0 Å². The smallest absolute Gasteiger partial charge is 0.344 e. The van der Waals surface area contributed by atoms with Gasteiger partial charge in [0.1, 0.15) is 12.4 Å². The average molecular weight is 311 g/mol. The monoisotopic (exact) mass is 310 g/mol. The fourth-order valence-corrected chi connectivity index (χ4v) is 1.80. The van der Waals surface area contributed by atoms with Crippen molar-refractivity contribution in [3.05, 3.63) is 64.1 Å². The number of esters is 1. The van der Waals surface area contributed by atoms with Crippen LogP contribution in [0.3, 0.4) is 0 Å². The molecule has 0 radical (unpaired) electrons. The van der Waals surface area contributed by atoms with E-state index in [1.807, 2.05) is 12.1 Å². The highest BCUT2D eigenvalue weighted by Crippen LogP contribution is 2.17. The lowest BCUT2D eigenvalue weighted by Crippen LogP contribution is -2.14. The molecule has 0 N–H and O–H groups in total. The minimum Gasteiger partial charge on any atom is -0.482 e. The van der Waals surface area contributed by atoms with Crippen molar-refractivity contribution in [2.75, 3.05) is 6.61 Å². The molecular weight excluding hydrogens is 299 g/mol. The molecule has 0 saturated carbocycles. The first-order valence-electron chi connectivity index (χ1n) is 5.92. The Labute approximate surface area is 127 Å². The van der Waals surface area contributed by atoms with Crippen LogP contribution in [0, 0.1) is 0 Å². The molecule has 5 heteroatoms. The molecule has 2 rings (SSSR count). The second-order valence-electron chi connectivity index (χ2n) is 3.99. The number of hydrogen-bond donors (Lipinski definition) is 0. The molecule has 0 unspecified atom stereocenters. The highest BCUT2D eigenvalue weighted by atomic mass is 35.5. The number of carbonyl (C=O) groups is 1. The molecule has 0 aliphatic carbocycles. The summed E-state index contributed by atoms with van der Waals surface area (Å²) < 4.78 is 10.4.